The van der Waals surface area contributed by atoms with Gasteiger partial charge in [0.05, 0.1) is 12.7 Å². The highest BCUT2D eigenvalue weighted by molar-refractivity contribution is 6.31. The van der Waals surface area contributed by atoms with Crippen LogP contribution in [0.1, 0.15) is 12.0 Å². The van der Waals surface area contributed by atoms with Crippen molar-refractivity contribution in [1.82, 2.24) is 10.2 Å². The summed E-state index contributed by atoms with van der Waals surface area (Å²) < 4.78 is 5.57. The summed E-state index contributed by atoms with van der Waals surface area (Å²) in [7, 11) is 0. The third-order valence-corrected chi connectivity index (χ3v) is 3.91. The van der Waals surface area contributed by atoms with Crippen molar-refractivity contribution in [2.45, 2.75) is 18.9 Å². The quantitative estimate of drug-likeness (QED) is 0.856. The molecule has 3 N–H and O–H groups in total. The summed E-state index contributed by atoms with van der Waals surface area (Å²) in [6.07, 6.45) is 1.56. The van der Waals surface area contributed by atoms with Crippen LogP contribution in [0.25, 0.3) is 0 Å². The zero-order valence-electron chi connectivity index (χ0n) is 12.5. The SMILES string of the molecule is Cl.NCCC1CN(C(=O)NCCc2ccccc2Cl)CCO1. The Balaban J connectivity index is 0.00000242. The summed E-state index contributed by atoms with van der Waals surface area (Å²) in [5.74, 6) is 0. The molecule has 0 aromatic heterocycles. The van der Waals surface area contributed by atoms with Crippen molar-refractivity contribution in [3.8, 4) is 0 Å². The number of carbonyl (C=O) groups excluding carboxylic acids is 1. The number of nitrogens with two attached hydrogens (primary N) is 1. The van der Waals surface area contributed by atoms with Crippen LogP contribution < -0.4 is 11.1 Å². The van der Waals surface area contributed by atoms with E-state index in [1.54, 1.807) is 4.90 Å². The van der Waals surface area contributed by atoms with E-state index < -0.39 is 0 Å². The largest absolute Gasteiger partial charge is 0.374 e. The smallest absolute Gasteiger partial charge is 0.317 e. The molecule has 1 aliphatic rings. The number of carbonyl (C=O) groups is 1. The van der Waals surface area contributed by atoms with Gasteiger partial charge >= 0.3 is 6.03 Å². The second-order valence-electron chi connectivity index (χ2n) is 5.09. The van der Waals surface area contributed by atoms with Gasteiger partial charge < -0.3 is 20.7 Å². The van der Waals surface area contributed by atoms with Crippen LogP contribution in [0.2, 0.25) is 5.02 Å². The van der Waals surface area contributed by atoms with Crippen molar-refractivity contribution in [2.24, 2.45) is 5.73 Å². The van der Waals surface area contributed by atoms with Crippen LogP contribution in [0.5, 0.6) is 0 Å². The van der Waals surface area contributed by atoms with E-state index in [1.165, 1.54) is 0 Å². The van der Waals surface area contributed by atoms with E-state index in [-0.39, 0.29) is 24.5 Å². The number of hydrogen-bond acceptors (Lipinski definition) is 3. The van der Waals surface area contributed by atoms with Crippen LogP contribution in [0.3, 0.4) is 0 Å². The Morgan fingerprint density at radius 3 is 2.95 bits per heavy atom. The Bertz CT molecular complexity index is 472. The van der Waals surface area contributed by atoms with Gasteiger partial charge in [-0.2, -0.15) is 0 Å². The molecule has 1 heterocycles. The van der Waals surface area contributed by atoms with Gasteiger partial charge in [-0.3, -0.25) is 0 Å². The van der Waals surface area contributed by atoms with E-state index in [9.17, 15) is 4.79 Å². The summed E-state index contributed by atoms with van der Waals surface area (Å²) >= 11 is 6.09. The predicted octanol–water partition coefficient (Wildman–Crippen LogP) is 2.06. The molecule has 0 radical (unpaired) electrons. The number of halogens is 2. The molecular weight excluding hydrogens is 325 g/mol. The average molecular weight is 348 g/mol. The van der Waals surface area contributed by atoms with Crippen LogP contribution in [0, 0.1) is 0 Å². The number of amides is 2. The number of rotatable bonds is 5. The molecule has 1 saturated heterocycles. The minimum atomic E-state index is -0.0487. The molecule has 2 rings (SSSR count). The highest BCUT2D eigenvalue weighted by Gasteiger charge is 2.23. The lowest BCUT2D eigenvalue weighted by atomic mass is 10.1. The zero-order valence-corrected chi connectivity index (χ0v) is 14.0. The zero-order chi connectivity index (χ0) is 15.1. The van der Waals surface area contributed by atoms with Crippen molar-refractivity contribution in [2.75, 3.05) is 32.8 Å². The number of ether oxygens (including phenoxy) is 1. The van der Waals surface area contributed by atoms with Crippen molar-refractivity contribution in [1.29, 1.82) is 0 Å². The average Bonchev–Trinajstić information content (AvgIpc) is 2.50. The third-order valence-electron chi connectivity index (χ3n) is 3.54. The van der Waals surface area contributed by atoms with Gasteiger partial charge in [-0.1, -0.05) is 29.8 Å². The van der Waals surface area contributed by atoms with Crippen LogP contribution in [0.15, 0.2) is 24.3 Å². The first-order chi connectivity index (χ1) is 10.2. The normalized spacial score (nSPS) is 17.7. The van der Waals surface area contributed by atoms with Crippen LogP contribution in [0.4, 0.5) is 4.79 Å². The number of urea groups is 1. The lowest BCUT2D eigenvalue weighted by Gasteiger charge is -2.32. The summed E-state index contributed by atoms with van der Waals surface area (Å²) in [4.78, 5) is 13.9. The maximum absolute atomic E-state index is 12.1. The van der Waals surface area contributed by atoms with Gasteiger partial charge in [-0.05, 0) is 31.0 Å². The minimum absolute atomic E-state index is 0. The fourth-order valence-corrected chi connectivity index (χ4v) is 2.61. The highest BCUT2D eigenvalue weighted by Crippen LogP contribution is 2.15. The number of nitrogens with one attached hydrogen (secondary N) is 1. The van der Waals surface area contributed by atoms with E-state index >= 15 is 0 Å². The van der Waals surface area contributed by atoms with Crippen LogP contribution in [-0.2, 0) is 11.2 Å². The van der Waals surface area contributed by atoms with Gasteiger partial charge in [-0.15, -0.1) is 12.4 Å². The molecule has 2 amide bonds. The molecule has 1 aromatic carbocycles. The Labute approximate surface area is 142 Å². The number of benzene rings is 1. The molecule has 1 aromatic rings. The second kappa shape index (κ2) is 9.90. The van der Waals surface area contributed by atoms with Crippen molar-refractivity contribution in [3.63, 3.8) is 0 Å². The fraction of sp³-hybridized carbons (Fsp3) is 0.533. The molecule has 22 heavy (non-hydrogen) atoms. The summed E-state index contributed by atoms with van der Waals surface area (Å²) in [5.41, 5.74) is 6.57. The van der Waals surface area contributed by atoms with E-state index in [2.05, 4.69) is 5.32 Å². The maximum Gasteiger partial charge on any atom is 0.317 e. The second-order valence-corrected chi connectivity index (χ2v) is 5.50. The third kappa shape index (κ3) is 5.65. The van der Waals surface area contributed by atoms with Gasteiger partial charge in [0, 0.05) is 24.7 Å². The molecule has 1 atom stereocenters. The first-order valence-electron chi connectivity index (χ1n) is 7.28. The molecule has 1 unspecified atom stereocenters. The lowest BCUT2D eigenvalue weighted by Crippen LogP contribution is -2.50. The molecule has 1 fully saturated rings. The van der Waals surface area contributed by atoms with Crippen LogP contribution >= 0.6 is 24.0 Å². The molecular formula is C15H23Cl2N3O2. The Kier molecular flexibility index (Phi) is 8.56. The predicted molar refractivity (Wildman–Crippen MR) is 90.8 cm³/mol. The van der Waals surface area contributed by atoms with Crippen molar-refractivity contribution in [3.05, 3.63) is 34.9 Å². The molecule has 0 spiro atoms. The van der Waals surface area contributed by atoms with Gasteiger partial charge in [0.15, 0.2) is 0 Å². The van der Waals surface area contributed by atoms with Gasteiger partial charge in [0.25, 0.3) is 0 Å². The molecule has 5 nitrogen and oxygen atoms in total. The molecule has 0 bridgehead atoms. The van der Waals surface area contributed by atoms with Crippen molar-refractivity contribution >= 4 is 30.0 Å². The Hall–Kier alpha value is -1.01. The fourth-order valence-electron chi connectivity index (χ4n) is 2.38. The standard InChI is InChI=1S/C15H22ClN3O2.ClH/c16-14-4-2-1-3-12(14)6-8-18-15(20)19-9-10-21-13(11-19)5-7-17;/h1-4,13H,5-11,17H2,(H,18,20);1H. The number of hydrogen-bond donors (Lipinski definition) is 2. The Morgan fingerprint density at radius 2 is 2.23 bits per heavy atom. The molecule has 124 valence electrons. The monoisotopic (exact) mass is 347 g/mol. The Morgan fingerprint density at radius 1 is 1.45 bits per heavy atom. The van der Waals surface area contributed by atoms with Gasteiger partial charge in [0.2, 0.25) is 0 Å². The molecule has 1 aliphatic heterocycles. The first-order valence-corrected chi connectivity index (χ1v) is 7.66. The summed E-state index contributed by atoms with van der Waals surface area (Å²) in [6, 6.07) is 7.63. The molecule has 0 aliphatic carbocycles. The van der Waals surface area contributed by atoms with Crippen LogP contribution in [-0.4, -0.2) is 49.8 Å². The highest BCUT2D eigenvalue weighted by atomic mass is 35.5. The lowest BCUT2D eigenvalue weighted by molar-refractivity contribution is -0.0164. The topological polar surface area (TPSA) is 67.6 Å². The molecule has 0 saturated carbocycles. The number of nitrogens with zero attached hydrogens (tertiary/aromatic N) is 1. The number of morpholine rings is 1. The van der Waals surface area contributed by atoms with E-state index in [0.717, 1.165) is 23.4 Å². The van der Waals surface area contributed by atoms with Gasteiger partial charge in [0.1, 0.15) is 0 Å². The maximum atomic E-state index is 12.1. The summed E-state index contributed by atoms with van der Waals surface area (Å²) in [5, 5.41) is 3.67. The molecule has 7 heteroatoms. The summed E-state index contributed by atoms with van der Waals surface area (Å²) in [6.45, 7) is 2.95. The van der Waals surface area contributed by atoms with E-state index in [0.29, 0.717) is 32.8 Å². The van der Waals surface area contributed by atoms with Gasteiger partial charge in [-0.25, -0.2) is 4.79 Å². The minimum Gasteiger partial charge on any atom is -0.374 e. The van der Waals surface area contributed by atoms with Crippen molar-refractivity contribution < 1.29 is 9.53 Å². The first kappa shape index (κ1) is 19.0. The van der Waals surface area contributed by atoms with E-state index in [1.807, 2.05) is 24.3 Å². The van der Waals surface area contributed by atoms with E-state index in [4.69, 9.17) is 22.1 Å².